The first-order valence-corrected chi connectivity index (χ1v) is 4.26. The van der Waals surface area contributed by atoms with Crippen molar-refractivity contribution in [2.24, 2.45) is 0 Å². The Morgan fingerprint density at radius 1 is 1.31 bits per heavy atom. The molecular weight excluding hydrogens is 164 g/mol. The minimum absolute atomic E-state index is 0.0388. The summed E-state index contributed by atoms with van der Waals surface area (Å²) in [5, 5.41) is 18.1. The fourth-order valence-electron chi connectivity index (χ4n) is 1.06. The van der Waals surface area contributed by atoms with Gasteiger partial charge in [-0.25, -0.2) is 0 Å². The molecule has 0 aliphatic rings. The summed E-state index contributed by atoms with van der Waals surface area (Å²) in [6.45, 7) is 1.96. The van der Waals surface area contributed by atoms with E-state index in [1.54, 1.807) is 6.08 Å². The maximum Gasteiger partial charge on any atom is 0.0972 e. The van der Waals surface area contributed by atoms with Gasteiger partial charge < -0.3 is 10.2 Å². The Morgan fingerprint density at radius 2 is 1.92 bits per heavy atom. The summed E-state index contributed by atoms with van der Waals surface area (Å²) < 4.78 is 0. The van der Waals surface area contributed by atoms with Crippen molar-refractivity contribution in [3.05, 3.63) is 47.5 Å². The van der Waals surface area contributed by atoms with E-state index in [-0.39, 0.29) is 6.61 Å². The summed E-state index contributed by atoms with van der Waals surface area (Å²) in [7, 11) is 0. The third kappa shape index (κ3) is 3.01. The van der Waals surface area contributed by atoms with E-state index in [0.29, 0.717) is 0 Å². The van der Waals surface area contributed by atoms with Crippen LogP contribution in [0.3, 0.4) is 0 Å². The van der Waals surface area contributed by atoms with Gasteiger partial charge in [-0.15, -0.1) is 0 Å². The molecule has 2 nitrogen and oxygen atoms in total. The number of rotatable bonds is 3. The topological polar surface area (TPSA) is 40.5 Å². The van der Waals surface area contributed by atoms with E-state index in [1.165, 1.54) is 11.6 Å². The number of aliphatic hydroxyl groups excluding tert-OH is 2. The zero-order valence-electron chi connectivity index (χ0n) is 7.64. The molecule has 0 saturated carbocycles. The quantitative estimate of drug-likeness (QED) is 0.690. The molecule has 0 bridgehead atoms. The van der Waals surface area contributed by atoms with Gasteiger partial charge in [-0.1, -0.05) is 42.0 Å². The molecule has 0 heterocycles. The van der Waals surface area contributed by atoms with Gasteiger partial charge in [0.1, 0.15) is 0 Å². The third-order valence-corrected chi connectivity index (χ3v) is 1.84. The smallest absolute Gasteiger partial charge is 0.0972 e. The van der Waals surface area contributed by atoms with Crippen molar-refractivity contribution in [3.8, 4) is 0 Å². The average Bonchev–Trinajstić information content (AvgIpc) is 2.15. The Bertz CT molecular complexity index is 275. The van der Waals surface area contributed by atoms with E-state index < -0.39 is 6.10 Å². The molecule has 0 radical (unpaired) electrons. The summed E-state index contributed by atoms with van der Waals surface area (Å²) in [4.78, 5) is 0. The van der Waals surface area contributed by atoms with E-state index in [1.807, 2.05) is 31.2 Å². The van der Waals surface area contributed by atoms with Crippen molar-refractivity contribution in [3.63, 3.8) is 0 Å². The van der Waals surface area contributed by atoms with Gasteiger partial charge in [0.25, 0.3) is 0 Å². The lowest BCUT2D eigenvalue weighted by Gasteiger charge is -2.05. The van der Waals surface area contributed by atoms with Crippen LogP contribution in [0.5, 0.6) is 0 Å². The Balaban J connectivity index is 2.71. The highest BCUT2D eigenvalue weighted by Crippen LogP contribution is 2.14. The van der Waals surface area contributed by atoms with Crippen LogP contribution in [0.15, 0.2) is 36.4 Å². The first-order valence-electron chi connectivity index (χ1n) is 4.26. The lowest BCUT2D eigenvalue weighted by Crippen LogP contribution is -1.93. The first kappa shape index (κ1) is 9.96. The summed E-state index contributed by atoms with van der Waals surface area (Å²) in [6.07, 6.45) is 2.49. The van der Waals surface area contributed by atoms with Gasteiger partial charge in [-0.3, -0.25) is 0 Å². The van der Waals surface area contributed by atoms with Crippen LogP contribution in [0.2, 0.25) is 0 Å². The SMILES string of the molecule is Cc1ccc(C(O)C=CCO)cc1. The van der Waals surface area contributed by atoms with Crippen molar-refractivity contribution in [2.45, 2.75) is 13.0 Å². The molecule has 2 heteroatoms. The highest BCUT2D eigenvalue weighted by Gasteiger charge is 2.00. The molecule has 0 fully saturated rings. The Morgan fingerprint density at radius 3 is 2.46 bits per heavy atom. The van der Waals surface area contributed by atoms with Crippen LogP contribution < -0.4 is 0 Å². The number of aryl methyl sites for hydroxylation is 1. The van der Waals surface area contributed by atoms with Crippen LogP contribution in [-0.4, -0.2) is 16.8 Å². The van der Waals surface area contributed by atoms with E-state index in [0.717, 1.165) is 5.56 Å². The van der Waals surface area contributed by atoms with Crippen molar-refractivity contribution in [1.29, 1.82) is 0 Å². The Labute approximate surface area is 78.2 Å². The van der Waals surface area contributed by atoms with Gasteiger partial charge in [-0.05, 0) is 12.5 Å². The molecule has 1 atom stereocenters. The van der Waals surface area contributed by atoms with Gasteiger partial charge in [-0.2, -0.15) is 0 Å². The minimum Gasteiger partial charge on any atom is -0.392 e. The predicted molar refractivity (Wildman–Crippen MR) is 52.4 cm³/mol. The van der Waals surface area contributed by atoms with E-state index in [4.69, 9.17) is 5.11 Å². The second kappa shape index (κ2) is 4.80. The number of hydrogen-bond acceptors (Lipinski definition) is 2. The average molecular weight is 178 g/mol. The van der Waals surface area contributed by atoms with E-state index in [2.05, 4.69) is 0 Å². The second-order valence-corrected chi connectivity index (χ2v) is 2.97. The zero-order valence-corrected chi connectivity index (χ0v) is 7.64. The molecule has 1 aromatic carbocycles. The van der Waals surface area contributed by atoms with Crippen LogP contribution in [0.1, 0.15) is 17.2 Å². The molecule has 70 valence electrons. The fraction of sp³-hybridized carbons (Fsp3) is 0.273. The molecule has 1 unspecified atom stereocenters. The monoisotopic (exact) mass is 178 g/mol. The minimum atomic E-state index is -0.618. The van der Waals surface area contributed by atoms with Crippen LogP contribution in [0.25, 0.3) is 0 Å². The molecule has 0 spiro atoms. The third-order valence-electron chi connectivity index (χ3n) is 1.84. The van der Waals surface area contributed by atoms with E-state index in [9.17, 15) is 5.11 Å². The molecule has 2 N–H and O–H groups in total. The standard InChI is InChI=1S/C11H14O2/c1-9-4-6-10(7-5-9)11(13)3-2-8-12/h2-7,11-13H,8H2,1H3. The molecule has 0 saturated heterocycles. The van der Waals surface area contributed by atoms with Crippen molar-refractivity contribution in [1.82, 2.24) is 0 Å². The van der Waals surface area contributed by atoms with E-state index >= 15 is 0 Å². The molecule has 0 aromatic heterocycles. The number of aliphatic hydroxyl groups is 2. The highest BCUT2D eigenvalue weighted by atomic mass is 16.3. The lowest BCUT2D eigenvalue weighted by molar-refractivity contribution is 0.227. The highest BCUT2D eigenvalue weighted by molar-refractivity contribution is 5.25. The molecular formula is C11H14O2. The molecule has 0 amide bonds. The number of benzene rings is 1. The molecule has 0 aliphatic carbocycles. The van der Waals surface area contributed by atoms with Gasteiger partial charge >= 0.3 is 0 Å². The Hall–Kier alpha value is -1.12. The molecule has 1 aromatic rings. The van der Waals surface area contributed by atoms with Crippen LogP contribution in [-0.2, 0) is 0 Å². The Kier molecular flexibility index (Phi) is 3.68. The van der Waals surface area contributed by atoms with Crippen LogP contribution in [0.4, 0.5) is 0 Å². The van der Waals surface area contributed by atoms with Crippen molar-refractivity contribution < 1.29 is 10.2 Å². The van der Waals surface area contributed by atoms with Crippen LogP contribution in [0, 0.1) is 6.92 Å². The largest absolute Gasteiger partial charge is 0.392 e. The fourth-order valence-corrected chi connectivity index (χ4v) is 1.06. The summed E-state index contributed by atoms with van der Waals surface area (Å²) in [6, 6.07) is 7.65. The number of hydrogen-bond donors (Lipinski definition) is 2. The van der Waals surface area contributed by atoms with Crippen LogP contribution >= 0.6 is 0 Å². The van der Waals surface area contributed by atoms with Gasteiger partial charge in [0.2, 0.25) is 0 Å². The first-order chi connectivity index (χ1) is 6.24. The lowest BCUT2D eigenvalue weighted by atomic mass is 10.1. The van der Waals surface area contributed by atoms with Gasteiger partial charge in [0.05, 0.1) is 12.7 Å². The molecule has 1 rings (SSSR count). The predicted octanol–water partition coefficient (Wildman–Crippen LogP) is 1.58. The summed E-state index contributed by atoms with van der Waals surface area (Å²) in [5.41, 5.74) is 2.01. The molecule has 13 heavy (non-hydrogen) atoms. The van der Waals surface area contributed by atoms with Gasteiger partial charge in [0.15, 0.2) is 0 Å². The second-order valence-electron chi connectivity index (χ2n) is 2.97. The summed E-state index contributed by atoms with van der Waals surface area (Å²) >= 11 is 0. The molecule has 0 aliphatic heterocycles. The van der Waals surface area contributed by atoms with Crippen molar-refractivity contribution in [2.75, 3.05) is 6.61 Å². The zero-order chi connectivity index (χ0) is 9.68. The van der Waals surface area contributed by atoms with Gasteiger partial charge in [0, 0.05) is 0 Å². The van der Waals surface area contributed by atoms with Crippen molar-refractivity contribution >= 4 is 0 Å². The maximum atomic E-state index is 9.54. The summed E-state index contributed by atoms with van der Waals surface area (Å²) in [5.74, 6) is 0. The normalized spacial score (nSPS) is 13.5. The maximum absolute atomic E-state index is 9.54.